The molecule has 0 bridgehead atoms. The minimum absolute atomic E-state index is 0.684. The fourth-order valence-electron chi connectivity index (χ4n) is 8.07. The molecule has 266 valence electrons. The van der Waals surface area contributed by atoms with Crippen LogP contribution in [0.25, 0.3) is 109 Å². The van der Waals surface area contributed by atoms with Crippen LogP contribution in [0.15, 0.2) is 200 Å². The second-order valence-corrected chi connectivity index (χ2v) is 15.5. The van der Waals surface area contributed by atoms with Crippen LogP contribution in [-0.4, -0.2) is 15.0 Å². The van der Waals surface area contributed by atoms with Crippen molar-refractivity contribution in [3.8, 4) is 67.3 Å². The Hall–Kier alpha value is -7.27. The topological polar surface area (TPSA) is 38.7 Å². The van der Waals surface area contributed by atoms with E-state index in [0.717, 1.165) is 39.2 Å². The van der Waals surface area contributed by atoms with Crippen molar-refractivity contribution in [2.45, 2.75) is 0 Å². The molecule has 0 fully saturated rings. The highest BCUT2D eigenvalue weighted by Crippen LogP contribution is 2.38. The predicted molar refractivity (Wildman–Crippen MR) is 240 cm³/mol. The minimum atomic E-state index is 0.684. The summed E-state index contributed by atoms with van der Waals surface area (Å²) < 4.78 is 2.63. The van der Waals surface area contributed by atoms with Gasteiger partial charge in [-0.2, -0.15) is 0 Å². The van der Waals surface area contributed by atoms with E-state index in [1.807, 2.05) is 23.6 Å². The lowest BCUT2D eigenvalue weighted by Gasteiger charge is -2.13. The molecule has 3 heterocycles. The quantitative estimate of drug-likeness (QED) is 0.159. The monoisotopic (exact) mass is 743 g/mol. The Morgan fingerprint density at radius 1 is 0.333 bits per heavy atom. The SMILES string of the molecule is c1cncc(-c2ccc(-c3nc(-c4ccc(-c5ccc6sc7ccccc7c6c5)cc4)cc(-c4ccc(-c5cc6ccccc6c6ccccc56)cc4)n3)cc2)c1. The summed E-state index contributed by atoms with van der Waals surface area (Å²) in [5.74, 6) is 0.684. The van der Waals surface area contributed by atoms with Gasteiger partial charge in [-0.25, -0.2) is 9.97 Å². The van der Waals surface area contributed by atoms with Crippen molar-refractivity contribution in [2.75, 3.05) is 0 Å². The first-order chi connectivity index (χ1) is 28.2. The van der Waals surface area contributed by atoms with Crippen LogP contribution in [-0.2, 0) is 0 Å². The summed E-state index contributed by atoms with van der Waals surface area (Å²) in [5, 5.41) is 7.63. The standard InChI is InChI=1S/C53H33N3S/c1-2-10-43-41(8-1)31-47(45-12-4-3-11-44(43)45)36-19-23-38(24-20-36)50-32-49(55-53(56-50)39-25-17-35(18-26-39)42-9-7-29-54-33-42)37-21-15-34(16-22-37)40-27-28-52-48(30-40)46-13-5-6-14-51(46)57-52/h1-33H. The molecule has 0 radical (unpaired) electrons. The van der Waals surface area contributed by atoms with E-state index < -0.39 is 0 Å². The number of rotatable bonds is 6. The number of benzene rings is 8. The number of fused-ring (bicyclic) bond motifs is 6. The Bertz CT molecular complexity index is 3260. The summed E-state index contributed by atoms with van der Waals surface area (Å²) in [4.78, 5) is 14.7. The Kier molecular flexibility index (Phi) is 8.01. The fourth-order valence-corrected chi connectivity index (χ4v) is 9.16. The molecule has 0 aliphatic heterocycles. The van der Waals surface area contributed by atoms with E-state index in [-0.39, 0.29) is 0 Å². The van der Waals surface area contributed by atoms with Crippen molar-refractivity contribution < 1.29 is 0 Å². The number of nitrogens with zero attached hydrogens (tertiary/aromatic N) is 3. The molecular formula is C53H33N3S. The highest BCUT2D eigenvalue weighted by atomic mass is 32.1. The van der Waals surface area contributed by atoms with Crippen molar-refractivity contribution in [3.05, 3.63) is 200 Å². The summed E-state index contributed by atoms with van der Waals surface area (Å²) >= 11 is 1.85. The van der Waals surface area contributed by atoms with E-state index in [1.165, 1.54) is 64.0 Å². The molecule has 0 N–H and O–H groups in total. The Balaban J connectivity index is 0.988. The lowest BCUT2D eigenvalue weighted by Crippen LogP contribution is -1.96. The smallest absolute Gasteiger partial charge is 0.160 e. The summed E-state index contributed by atoms with van der Waals surface area (Å²) in [6.07, 6.45) is 3.69. The van der Waals surface area contributed by atoms with Gasteiger partial charge < -0.3 is 0 Å². The first-order valence-corrected chi connectivity index (χ1v) is 20.0. The molecule has 4 heteroatoms. The van der Waals surface area contributed by atoms with Crippen molar-refractivity contribution in [1.82, 2.24) is 15.0 Å². The Labute approximate surface area is 334 Å². The molecule has 0 aliphatic carbocycles. The Morgan fingerprint density at radius 2 is 0.895 bits per heavy atom. The predicted octanol–water partition coefficient (Wildman–Crippen LogP) is 14.5. The maximum Gasteiger partial charge on any atom is 0.160 e. The van der Waals surface area contributed by atoms with E-state index in [9.17, 15) is 0 Å². The normalized spacial score (nSPS) is 11.5. The van der Waals surface area contributed by atoms with Crippen LogP contribution < -0.4 is 0 Å². The van der Waals surface area contributed by atoms with E-state index in [4.69, 9.17) is 9.97 Å². The van der Waals surface area contributed by atoms with Gasteiger partial charge in [-0.1, -0.05) is 152 Å². The Morgan fingerprint density at radius 3 is 1.61 bits per heavy atom. The summed E-state index contributed by atoms with van der Waals surface area (Å²) in [6, 6.07) is 67.3. The molecule has 0 saturated heterocycles. The van der Waals surface area contributed by atoms with E-state index in [0.29, 0.717) is 5.82 Å². The lowest BCUT2D eigenvalue weighted by atomic mass is 9.92. The zero-order valence-electron chi connectivity index (χ0n) is 30.8. The van der Waals surface area contributed by atoms with Crippen LogP contribution in [0.3, 0.4) is 0 Å². The summed E-state index contributed by atoms with van der Waals surface area (Å²) in [5.41, 5.74) is 11.7. The second kappa shape index (κ2) is 13.8. The van der Waals surface area contributed by atoms with E-state index in [1.54, 1.807) is 6.20 Å². The molecule has 0 saturated carbocycles. The molecule has 3 nitrogen and oxygen atoms in total. The van der Waals surface area contributed by atoms with Crippen LogP contribution in [0.1, 0.15) is 0 Å². The number of aromatic nitrogens is 3. The van der Waals surface area contributed by atoms with Crippen molar-refractivity contribution in [2.24, 2.45) is 0 Å². The van der Waals surface area contributed by atoms with Gasteiger partial charge in [0, 0.05) is 49.3 Å². The molecule has 0 unspecified atom stereocenters. The number of hydrogen-bond donors (Lipinski definition) is 0. The number of thiophene rings is 1. The van der Waals surface area contributed by atoms with Crippen LogP contribution >= 0.6 is 11.3 Å². The zero-order chi connectivity index (χ0) is 37.7. The van der Waals surface area contributed by atoms with Crippen LogP contribution in [0.4, 0.5) is 0 Å². The second-order valence-electron chi connectivity index (χ2n) is 14.4. The fraction of sp³-hybridized carbons (Fsp3) is 0. The van der Waals surface area contributed by atoms with E-state index >= 15 is 0 Å². The molecule has 8 aromatic carbocycles. The van der Waals surface area contributed by atoms with Gasteiger partial charge in [0.1, 0.15) is 0 Å². The van der Waals surface area contributed by atoms with Gasteiger partial charge in [0.2, 0.25) is 0 Å². The zero-order valence-corrected chi connectivity index (χ0v) is 31.6. The molecule has 0 amide bonds. The van der Waals surface area contributed by atoms with Gasteiger partial charge in [0.15, 0.2) is 5.82 Å². The van der Waals surface area contributed by atoms with Crippen LogP contribution in [0, 0.1) is 0 Å². The summed E-state index contributed by atoms with van der Waals surface area (Å²) in [7, 11) is 0. The van der Waals surface area contributed by atoms with Gasteiger partial charge in [-0.15, -0.1) is 11.3 Å². The summed E-state index contributed by atoms with van der Waals surface area (Å²) in [6.45, 7) is 0. The molecule has 57 heavy (non-hydrogen) atoms. The van der Waals surface area contributed by atoms with Gasteiger partial charge in [0.05, 0.1) is 11.4 Å². The van der Waals surface area contributed by atoms with Crippen LogP contribution in [0.2, 0.25) is 0 Å². The third-order valence-electron chi connectivity index (χ3n) is 11.0. The van der Waals surface area contributed by atoms with Crippen molar-refractivity contribution in [3.63, 3.8) is 0 Å². The number of hydrogen-bond acceptors (Lipinski definition) is 4. The number of pyridine rings is 1. The molecule has 11 aromatic rings. The first-order valence-electron chi connectivity index (χ1n) is 19.2. The van der Waals surface area contributed by atoms with Gasteiger partial charge >= 0.3 is 0 Å². The molecule has 11 rings (SSSR count). The highest BCUT2D eigenvalue weighted by Gasteiger charge is 2.14. The molecule has 0 aliphatic rings. The minimum Gasteiger partial charge on any atom is -0.264 e. The molecule has 0 atom stereocenters. The first kappa shape index (κ1) is 33.1. The molecule has 3 aromatic heterocycles. The van der Waals surface area contributed by atoms with Gasteiger partial charge in [-0.3, -0.25) is 4.98 Å². The largest absolute Gasteiger partial charge is 0.264 e. The third kappa shape index (κ3) is 6.04. The molecule has 0 spiro atoms. The average molecular weight is 744 g/mol. The maximum atomic E-state index is 5.19. The van der Waals surface area contributed by atoms with Crippen molar-refractivity contribution >= 4 is 53.1 Å². The highest BCUT2D eigenvalue weighted by molar-refractivity contribution is 7.25. The van der Waals surface area contributed by atoms with Gasteiger partial charge in [-0.05, 0) is 91.3 Å². The van der Waals surface area contributed by atoms with Crippen LogP contribution in [0.5, 0.6) is 0 Å². The third-order valence-corrected chi connectivity index (χ3v) is 12.2. The average Bonchev–Trinajstić information content (AvgIpc) is 3.67. The molecular weight excluding hydrogens is 711 g/mol. The lowest BCUT2D eigenvalue weighted by molar-refractivity contribution is 1.18. The van der Waals surface area contributed by atoms with Crippen molar-refractivity contribution in [1.29, 1.82) is 0 Å². The maximum absolute atomic E-state index is 5.19. The van der Waals surface area contributed by atoms with E-state index in [2.05, 4.69) is 187 Å². The van der Waals surface area contributed by atoms with Gasteiger partial charge in [0.25, 0.3) is 0 Å².